The molecule has 1 aliphatic rings. The second kappa shape index (κ2) is 8.40. The van der Waals surface area contributed by atoms with Crippen LogP contribution in [0.5, 0.6) is 0 Å². The second-order valence-electron chi connectivity index (χ2n) is 5.94. The van der Waals surface area contributed by atoms with Crippen LogP contribution < -0.4 is 10.2 Å². The first-order valence-electron chi connectivity index (χ1n) is 8.41. The van der Waals surface area contributed by atoms with Crippen molar-refractivity contribution < 1.29 is 4.74 Å². The van der Waals surface area contributed by atoms with Crippen LogP contribution in [0.4, 0.5) is 5.69 Å². The fourth-order valence-electron chi connectivity index (χ4n) is 3.09. The van der Waals surface area contributed by atoms with E-state index in [2.05, 4.69) is 49.2 Å². The second-order valence-corrected chi connectivity index (χ2v) is 5.94. The summed E-state index contributed by atoms with van der Waals surface area (Å²) in [6.07, 6.45) is 3.94. The molecule has 0 radical (unpaired) electrons. The molecule has 0 aromatic heterocycles. The van der Waals surface area contributed by atoms with E-state index in [1.165, 1.54) is 23.2 Å². The number of anilines is 1. The first kappa shape index (κ1) is 16.3. The predicted molar refractivity (Wildman–Crippen MR) is 90.0 cm³/mol. The smallest absolute Gasteiger partial charge is 0.0608 e. The molecular formula is C18H30N2O. The monoisotopic (exact) mass is 290 g/mol. The van der Waals surface area contributed by atoms with Crippen molar-refractivity contribution in [3.63, 3.8) is 0 Å². The molecule has 118 valence electrons. The zero-order valence-corrected chi connectivity index (χ0v) is 13.8. The third-order valence-corrected chi connectivity index (χ3v) is 4.20. The van der Waals surface area contributed by atoms with Gasteiger partial charge in [0.1, 0.15) is 0 Å². The van der Waals surface area contributed by atoms with Crippen LogP contribution in [0.15, 0.2) is 18.2 Å². The molecule has 3 heteroatoms. The van der Waals surface area contributed by atoms with Gasteiger partial charge in [-0.15, -0.1) is 0 Å². The number of rotatable bonds is 7. The molecular weight excluding hydrogens is 260 g/mol. The van der Waals surface area contributed by atoms with Gasteiger partial charge in [-0.05, 0) is 56.8 Å². The van der Waals surface area contributed by atoms with Crippen molar-refractivity contribution in [2.45, 2.75) is 52.7 Å². The van der Waals surface area contributed by atoms with Crippen LogP contribution in [0.3, 0.4) is 0 Å². The van der Waals surface area contributed by atoms with Gasteiger partial charge in [0.25, 0.3) is 0 Å². The van der Waals surface area contributed by atoms with Gasteiger partial charge >= 0.3 is 0 Å². The number of hydrogen-bond donors (Lipinski definition) is 1. The molecule has 0 saturated carbocycles. The number of ether oxygens (including phenoxy) is 1. The molecule has 0 amide bonds. The molecule has 1 saturated heterocycles. The molecule has 0 unspecified atom stereocenters. The van der Waals surface area contributed by atoms with Crippen LogP contribution in [-0.2, 0) is 11.3 Å². The minimum Gasteiger partial charge on any atom is -0.378 e. The summed E-state index contributed by atoms with van der Waals surface area (Å²) in [6.45, 7) is 11.6. The molecule has 1 aliphatic heterocycles. The first-order chi connectivity index (χ1) is 10.2. The third-order valence-electron chi connectivity index (χ3n) is 4.20. The molecule has 0 spiro atoms. The van der Waals surface area contributed by atoms with Gasteiger partial charge in [-0.2, -0.15) is 0 Å². The van der Waals surface area contributed by atoms with E-state index in [9.17, 15) is 0 Å². The van der Waals surface area contributed by atoms with Crippen LogP contribution in [0, 0.1) is 6.92 Å². The van der Waals surface area contributed by atoms with E-state index >= 15 is 0 Å². The maximum Gasteiger partial charge on any atom is 0.0608 e. The number of nitrogens with zero attached hydrogens (tertiary/aromatic N) is 1. The van der Waals surface area contributed by atoms with Crippen molar-refractivity contribution in [1.82, 2.24) is 5.32 Å². The van der Waals surface area contributed by atoms with E-state index in [0.29, 0.717) is 6.10 Å². The molecule has 1 N–H and O–H groups in total. The number of benzene rings is 1. The van der Waals surface area contributed by atoms with Crippen molar-refractivity contribution in [2.75, 3.05) is 31.1 Å². The molecule has 0 atom stereocenters. The molecule has 21 heavy (non-hydrogen) atoms. The normalized spacial score (nSPS) is 16.4. The summed E-state index contributed by atoms with van der Waals surface area (Å²) >= 11 is 0. The van der Waals surface area contributed by atoms with Crippen LogP contribution in [0.1, 0.15) is 44.2 Å². The minimum atomic E-state index is 0.462. The number of nitrogens with one attached hydrogen (secondary N) is 1. The van der Waals surface area contributed by atoms with Gasteiger partial charge in [0.15, 0.2) is 0 Å². The van der Waals surface area contributed by atoms with E-state index in [0.717, 1.165) is 45.6 Å². The summed E-state index contributed by atoms with van der Waals surface area (Å²) in [7, 11) is 0. The Morgan fingerprint density at radius 2 is 2.00 bits per heavy atom. The SMILES string of the molecule is CCCNCc1ccc(N2CCC(OCC)CC2)c(C)c1. The topological polar surface area (TPSA) is 24.5 Å². The Morgan fingerprint density at radius 3 is 2.62 bits per heavy atom. The Hall–Kier alpha value is -1.06. The summed E-state index contributed by atoms with van der Waals surface area (Å²) in [5.74, 6) is 0. The Bertz CT molecular complexity index is 425. The van der Waals surface area contributed by atoms with Crippen LogP contribution in [-0.4, -0.2) is 32.3 Å². The Balaban J connectivity index is 1.92. The lowest BCUT2D eigenvalue weighted by atomic mass is 10.0. The van der Waals surface area contributed by atoms with Crippen LogP contribution in [0.25, 0.3) is 0 Å². The first-order valence-corrected chi connectivity index (χ1v) is 8.41. The highest BCUT2D eigenvalue weighted by Gasteiger charge is 2.20. The fourth-order valence-corrected chi connectivity index (χ4v) is 3.09. The fraction of sp³-hybridized carbons (Fsp3) is 0.667. The minimum absolute atomic E-state index is 0.462. The van der Waals surface area contributed by atoms with Gasteiger partial charge in [0.05, 0.1) is 6.10 Å². The summed E-state index contributed by atoms with van der Waals surface area (Å²) < 4.78 is 5.74. The van der Waals surface area contributed by atoms with E-state index in [4.69, 9.17) is 4.74 Å². The maximum absolute atomic E-state index is 5.74. The predicted octanol–water partition coefficient (Wildman–Crippen LogP) is 3.50. The highest BCUT2D eigenvalue weighted by Crippen LogP contribution is 2.25. The van der Waals surface area contributed by atoms with Gasteiger partial charge in [-0.3, -0.25) is 0 Å². The zero-order valence-electron chi connectivity index (χ0n) is 13.8. The molecule has 2 rings (SSSR count). The van der Waals surface area contributed by atoms with Crippen molar-refractivity contribution in [3.8, 4) is 0 Å². The highest BCUT2D eigenvalue weighted by atomic mass is 16.5. The largest absolute Gasteiger partial charge is 0.378 e. The van der Waals surface area contributed by atoms with Gasteiger partial charge < -0.3 is 15.0 Å². The van der Waals surface area contributed by atoms with Gasteiger partial charge in [-0.25, -0.2) is 0 Å². The van der Waals surface area contributed by atoms with Gasteiger partial charge in [-0.1, -0.05) is 19.1 Å². The molecule has 1 heterocycles. The van der Waals surface area contributed by atoms with Crippen molar-refractivity contribution >= 4 is 5.69 Å². The lowest BCUT2D eigenvalue weighted by molar-refractivity contribution is 0.0459. The van der Waals surface area contributed by atoms with E-state index in [-0.39, 0.29) is 0 Å². The molecule has 3 nitrogen and oxygen atoms in total. The van der Waals surface area contributed by atoms with E-state index < -0.39 is 0 Å². The molecule has 0 bridgehead atoms. The summed E-state index contributed by atoms with van der Waals surface area (Å²) in [5, 5.41) is 3.47. The van der Waals surface area contributed by atoms with E-state index in [1.54, 1.807) is 0 Å². The average molecular weight is 290 g/mol. The molecule has 1 aromatic rings. The highest BCUT2D eigenvalue weighted by molar-refractivity contribution is 5.54. The summed E-state index contributed by atoms with van der Waals surface area (Å²) in [6, 6.07) is 6.88. The quantitative estimate of drug-likeness (QED) is 0.778. The lowest BCUT2D eigenvalue weighted by Crippen LogP contribution is -2.37. The molecule has 1 aromatic carbocycles. The van der Waals surface area contributed by atoms with Gasteiger partial charge in [0, 0.05) is 31.9 Å². The molecule has 1 fully saturated rings. The third kappa shape index (κ3) is 4.72. The van der Waals surface area contributed by atoms with Crippen molar-refractivity contribution in [1.29, 1.82) is 0 Å². The maximum atomic E-state index is 5.74. The van der Waals surface area contributed by atoms with Crippen LogP contribution >= 0.6 is 0 Å². The van der Waals surface area contributed by atoms with E-state index in [1.807, 2.05) is 0 Å². The lowest BCUT2D eigenvalue weighted by Gasteiger charge is -2.34. The van der Waals surface area contributed by atoms with Gasteiger partial charge in [0.2, 0.25) is 0 Å². The summed E-state index contributed by atoms with van der Waals surface area (Å²) in [4.78, 5) is 2.51. The Labute approximate surface area is 129 Å². The van der Waals surface area contributed by atoms with Crippen molar-refractivity contribution in [2.24, 2.45) is 0 Å². The number of aryl methyl sites for hydroxylation is 1. The molecule has 0 aliphatic carbocycles. The zero-order chi connectivity index (χ0) is 15.1. The Morgan fingerprint density at radius 1 is 1.24 bits per heavy atom. The average Bonchev–Trinajstić information content (AvgIpc) is 2.49. The number of piperidine rings is 1. The van der Waals surface area contributed by atoms with Crippen LogP contribution in [0.2, 0.25) is 0 Å². The standard InChI is InChI=1S/C18H30N2O/c1-4-10-19-14-16-6-7-18(15(3)13-16)20-11-8-17(9-12-20)21-5-2/h6-7,13,17,19H,4-5,8-12,14H2,1-3H3. The number of hydrogen-bond acceptors (Lipinski definition) is 3. The van der Waals surface area contributed by atoms with Crippen molar-refractivity contribution in [3.05, 3.63) is 29.3 Å². The summed E-state index contributed by atoms with van der Waals surface area (Å²) in [5.41, 5.74) is 4.17. The Kier molecular flexibility index (Phi) is 6.52.